The molecule has 12 aromatic rings. The largest absolute Gasteiger partial charge is 0.311 e. The maximum Gasteiger partial charge on any atom is 0.0979 e. The third kappa shape index (κ3) is 7.70. The molecule has 0 unspecified atom stereocenters. The van der Waals surface area contributed by atoms with Crippen molar-refractivity contribution < 1.29 is 0 Å². The van der Waals surface area contributed by atoms with Gasteiger partial charge in [-0.15, -0.1) is 0 Å². The van der Waals surface area contributed by atoms with Crippen molar-refractivity contribution in [3.63, 3.8) is 0 Å². The lowest BCUT2D eigenvalue weighted by molar-refractivity contribution is 1.25. The van der Waals surface area contributed by atoms with Crippen LogP contribution in [0.2, 0.25) is 0 Å². The van der Waals surface area contributed by atoms with Crippen LogP contribution >= 0.6 is 0 Å². The van der Waals surface area contributed by atoms with Crippen LogP contribution < -0.4 is 9.80 Å². The van der Waals surface area contributed by atoms with Crippen molar-refractivity contribution in [2.75, 3.05) is 9.80 Å². The number of aromatic nitrogens is 2. The molecule has 0 bridgehead atoms. The Morgan fingerprint density at radius 3 is 0.912 bits per heavy atom. The summed E-state index contributed by atoms with van der Waals surface area (Å²) in [4.78, 5) is 16.0. The van der Waals surface area contributed by atoms with Crippen LogP contribution in [0.3, 0.4) is 0 Å². The van der Waals surface area contributed by atoms with Crippen LogP contribution in [0, 0.1) is 0 Å². The summed E-state index contributed by atoms with van der Waals surface area (Å²) in [5.74, 6) is 0. The monoisotopic (exact) mass is 868 g/mol. The average Bonchev–Trinajstić information content (AvgIpc) is 3.42. The molecule has 1 heterocycles. The number of benzene rings is 11. The number of rotatable bonds is 10. The molecule has 0 fully saturated rings. The van der Waals surface area contributed by atoms with Crippen molar-refractivity contribution in [1.82, 2.24) is 9.97 Å². The lowest BCUT2D eigenvalue weighted by atomic mass is 9.94. The van der Waals surface area contributed by atoms with E-state index >= 15 is 0 Å². The summed E-state index contributed by atoms with van der Waals surface area (Å²) in [6.45, 7) is 0. The van der Waals surface area contributed by atoms with E-state index in [0.717, 1.165) is 89.9 Å². The van der Waals surface area contributed by atoms with Crippen LogP contribution in [0.15, 0.2) is 267 Å². The van der Waals surface area contributed by atoms with Crippen LogP contribution in [-0.2, 0) is 0 Å². The van der Waals surface area contributed by atoms with E-state index in [-0.39, 0.29) is 0 Å². The average molecular weight is 869 g/mol. The summed E-state index contributed by atoms with van der Waals surface area (Å²) in [7, 11) is 0. The summed E-state index contributed by atoms with van der Waals surface area (Å²) in [5.41, 5.74) is 16.1. The quantitative estimate of drug-likeness (QED) is 0.137. The zero-order valence-corrected chi connectivity index (χ0v) is 37.2. The van der Waals surface area contributed by atoms with Crippen molar-refractivity contribution in [2.45, 2.75) is 0 Å². The molecule has 68 heavy (non-hydrogen) atoms. The molecular weight excluding hydrogens is 825 g/mol. The van der Waals surface area contributed by atoms with Gasteiger partial charge in [-0.2, -0.15) is 0 Å². The van der Waals surface area contributed by atoms with E-state index in [0.29, 0.717) is 0 Å². The highest BCUT2D eigenvalue weighted by atomic mass is 15.2. The molecule has 0 atom stereocenters. The van der Waals surface area contributed by atoms with E-state index in [1.165, 1.54) is 21.5 Å². The zero-order valence-electron chi connectivity index (χ0n) is 37.2. The van der Waals surface area contributed by atoms with E-state index in [4.69, 9.17) is 9.97 Å². The van der Waals surface area contributed by atoms with Crippen molar-refractivity contribution in [1.29, 1.82) is 0 Å². The highest BCUT2D eigenvalue weighted by Gasteiger charge is 2.21. The highest BCUT2D eigenvalue weighted by Crippen LogP contribution is 2.43. The Kier molecular flexibility index (Phi) is 10.5. The summed E-state index contributed by atoms with van der Waals surface area (Å²) >= 11 is 0. The summed E-state index contributed by atoms with van der Waals surface area (Å²) in [6.07, 6.45) is 0. The minimum atomic E-state index is 0.825. The first-order valence-corrected chi connectivity index (χ1v) is 23.1. The smallest absolute Gasteiger partial charge is 0.0979 e. The van der Waals surface area contributed by atoms with Gasteiger partial charge in [0.1, 0.15) is 0 Å². The van der Waals surface area contributed by atoms with Gasteiger partial charge >= 0.3 is 0 Å². The standard InChI is InChI=1S/C64H44N4/c1-5-19-47(20-6-1)61-62(66-64-60(52-32-30-46-18-14-16-22-50(46)44-52)42-41-59(63(64)65-61)51-31-29-45-17-13-15-21-49(45)43-51)48-33-35-56(36-34-48)68(55-27-11-4-12-28-55)58-39-37-57(38-40-58)67(53-23-7-2-8-24-53)54-25-9-3-10-26-54/h1-44H. The summed E-state index contributed by atoms with van der Waals surface area (Å²) in [5, 5.41) is 4.78. The molecule has 0 aliphatic carbocycles. The number of anilines is 6. The predicted octanol–water partition coefficient (Wildman–Crippen LogP) is 17.5. The second-order valence-corrected chi connectivity index (χ2v) is 17.0. The van der Waals surface area contributed by atoms with Crippen molar-refractivity contribution in [3.8, 4) is 44.8 Å². The summed E-state index contributed by atoms with van der Waals surface area (Å²) in [6, 6.07) is 94.5. The molecule has 0 aliphatic heterocycles. The van der Waals surface area contributed by atoms with Crippen molar-refractivity contribution in [2.24, 2.45) is 0 Å². The lowest BCUT2D eigenvalue weighted by Crippen LogP contribution is -2.12. The van der Waals surface area contributed by atoms with Gasteiger partial charge in [-0.3, -0.25) is 0 Å². The van der Waals surface area contributed by atoms with Gasteiger partial charge in [0.15, 0.2) is 0 Å². The number of nitrogens with zero attached hydrogens (tertiary/aromatic N) is 4. The van der Waals surface area contributed by atoms with Crippen LogP contribution in [0.4, 0.5) is 34.1 Å². The van der Waals surface area contributed by atoms with Gasteiger partial charge in [0.25, 0.3) is 0 Å². The molecule has 320 valence electrons. The second kappa shape index (κ2) is 17.7. The fourth-order valence-corrected chi connectivity index (χ4v) is 9.46. The van der Waals surface area contributed by atoms with E-state index in [9.17, 15) is 0 Å². The molecule has 4 heteroatoms. The molecule has 0 spiro atoms. The van der Waals surface area contributed by atoms with Crippen LogP contribution in [0.25, 0.3) is 77.3 Å². The molecule has 1 aromatic heterocycles. The molecule has 0 N–H and O–H groups in total. The third-order valence-corrected chi connectivity index (χ3v) is 12.8. The lowest BCUT2D eigenvalue weighted by Gasteiger charge is -2.28. The topological polar surface area (TPSA) is 32.3 Å². The molecule has 4 nitrogen and oxygen atoms in total. The van der Waals surface area contributed by atoms with Gasteiger partial charge in [-0.1, -0.05) is 182 Å². The van der Waals surface area contributed by atoms with Crippen molar-refractivity contribution >= 4 is 66.7 Å². The fourth-order valence-electron chi connectivity index (χ4n) is 9.46. The van der Waals surface area contributed by atoms with Crippen molar-refractivity contribution in [3.05, 3.63) is 267 Å². The molecule has 12 rings (SSSR count). The van der Waals surface area contributed by atoms with Gasteiger partial charge in [0, 0.05) is 56.4 Å². The number of fused-ring (bicyclic) bond motifs is 3. The van der Waals surface area contributed by atoms with Crippen LogP contribution in [0.1, 0.15) is 0 Å². The number of para-hydroxylation sites is 3. The third-order valence-electron chi connectivity index (χ3n) is 12.8. The Morgan fingerprint density at radius 1 is 0.221 bits per heavy atom. The first-order chi connectivity index (χ1) is 33.7. The van der Waals surface area contributed by atoms with E-state index in [1.807, 2.05) is 0 Å². The zero-order chi connectivity index (χ0) is 45.2. The highest BCUT2D eigenvalue weighted by molar-refractivity contribution is 6.05. The van der Waals surface area contributed by atoms with Gasteiger partial charge in [-0.25, -0.2) is 9.97 Å². The molecule has 0 aliphatic rings. The van der Waals surface area contributed by atoms with Gasteiger partial charge in [-0.05, 0) is 118 Å². The first-order valence-electron chi connectivity index (χ1n) is 23.1. The molecule has 0 radical (unpaired) electrons. The first kappa shape index (κ1) is 40.4. The van der Waals surface area contributed by atoms with E-state index in [1.54, 1.807) is 0 Å². The second-order valence-electron chi connectivity index (χ2n) is 17.0. The number of hydrogen-bond acceptors (Lipinski definition) is 4. The maximum atomic E-state index is 5.71. The maximum absolute atomic E-state index is 5.71. The Hall–Kier alpha value is -9.12. The Bertz CT molecular complexity index is 3670. The van der Waals surface area contributed by atoms with Gasteiger partial charge < -0.3 is 9.80 Å². The Balaban J connectivity index is 1.00. The van der Waals surface area contributed by atoms with Crippen LogP contribution in [0.5, 0.6) is 0 Å². The fraction of sp³-hybridized carbons (Fsp3) is 0. The van der Waals surface area contributed by atoms with E-state index in [2.05, 4.69) is 277 Å². The molecule has 0 amide bonds. The number of hydrogen-bond donors (Lipinski definition) is 0. The normalized spacial score (nSPS) is 11.2. The Morgan fingerprint density at radius 2 is 0.515 bits per heavy atom. The van der Waals surface area contributed by atoms with E-state index < -0.39 is 0 Å². The minimum absolute atomic E-state index is 0.825. The van der Waals surface area contributed by atoms with Crippen LogP contribution in [-0.4, -0.2) is 9.97 Å². The minimum Gasteiger partial charge on any atom is -0.311 e. The molecular formula is C64H44N4. The SMILES string of the molecule is c1ccc(-c2nc3c(-c4ccc5ccccc5c4)ccc(-c4ccc5ccccc5c4)c3nc2-c2ccc(N(c3ccccc3)c3ccc(N(c4ccccc4)c4ccccc4)cc3)cc2)cc1. The van der Waals surface area contributed by atoms with Gasteiger partial charge in [0.2, 0.25) is 0 Å². The molecule has 11 aromatic carbocycles. The Labute approximate surface area is 396 Å². The predicted molar refractivity (Wildman–Crippen MR) is 286 cm³/mol. The summed E-state index contributed by atoms with van der Waals surface area (Å²) < 4.78 is 0. The van der Waals surface area contributed by atoms with Gasteiger partial charge in [0.05, 0.1) is 22.4 Å². The molecule has 0 saturated carbocycles. The molecule has 0 saturated heterocycles.